The number of non-ortho nitro benzene ring substituents is 1. The number of hydrogen-bond acceptors (Lipinski definition) is 6. The van der Waals surface area contributed by atoms with Gasteiger partial charge >= 0.3 is 0 Å². The third kappa shape index (κ3) is 3.80. The summed E-state index contributed by atoms with van der Waals surface area (Å²) in [4.78, 5) is 36.0. The highest BCUT2D eigenvalue weighted by Crippen LogP contribution is 2.30. The molecular formula is C17H15N3O4S. The molecule has 0 unspecified atom stereocenters. The van der Waals surface area contributed by atoms with Crippen LogP contribution in [-0.4, -0.2) is 26.3 Å². The van der Waals surface area contributed by atoms with Gasteiger partial charge in [0, 0.05) is 17.8 Å². The van der Waals surface area contributed by atoms with Crippen LogP contribution in [0.2, 0.25) is 0 Å². The zero-order valence-electron chi connectivity index (χ0n) is 13.3. The van der Waals surface area contributed by atoms with Crippen molar-refractivity contribution in [2.24, 2.45) is 0 Å². The summed E-state index contributed by atoms with van der Waals surface area (Å²) in [5, 5.41) is 12.7. The van der Waals surface area contributed by atoms with E-state index >= 15 is 0 Å². The number of imide groups is 1. The summed E-state index contributed by atoms with van der Waals surface area (Å²) in [6.45, 7) is 2.04. The average Bonchev–Trinajstić information content (AvgIpc) is 2.83. The van der Waals surface area contributed by atoms with Crippen LogP contribution in [0.25, 0.3) is 0 Å². The van der Waals surface area contributed by atoms with Gasteiger partial charge in [-0.1, -0.05) is 24.3 Å². The Morgan fingerprint density at radius 3 is 2.56 bits per heavy atom. The van der Waals surface area contributed by atoms with E-state index in [1.807, 2.05) is 31.2 Å². The SMILES string of the molecule is Cc1cccc(N[C@@H]2SC(=O)N(Cc3ccc([N+](=O)[O-])cc3)C2=O)c1. The van der Waals surface area contributed by atoms with Gasteiger partial charge in [-0.25, -0.2) is 0 Å². The van der Waals surface area contributed by atoms with Crippen molar-refractivity contribution in [2.45, 2.75) is 18.8 Å². The van der Waals surface area contributed by atoms with Gasteiger partial charge in [0.25, 0.3) is 16.8 Å². The van der Waals surface area contributed by atoms with Crippen molar-refractivity contribution in [3.8, 4) is 0 Å². The van der Waals surface area contributed by atoms with Crippen molar-refractivity contribution in [1.82, 2.24) is 4.90 Å². The first-order valence-electron chi connectivity index (χ1n) is 7.52. The molecule has 1 saturated heterocycles. The summed E-state index contributed by atoms with van der Waals surface area (Å²) in [5.41, 5.74) is 2.45. The third-order valence-electron chi connectivity index (χ3n) is 3.73. The fraction of sp³-hybridized carbons (Fsp3) is 0.176. The highest BCUT2D eigenvalue weighted by Gasteiger charge is 2.39. The summed E-state index contributed by atoms with van der Waals surface area (Å²) < 4.78 is 0. The Bertz CT molecular complexity index is 838. The van der Waals surface area contributed by atoms with E-state index in [1.165, 1.54) is 12.1 Å². The molecule has 0 radical (unpaired) electrons. The highest BCUT2D eigenvalue weighted by atomic mass is 32.2. The Hall–Kier alpha value is -2.87. The summed E-state index contributed by atoms with van der Waals surface area (Å²) in [5.74, 6) is -0.324. The maximum atomic E-state index is 12.5. The molecule has 1 aliphatic rings. The van der Waals surface area contributed by atoms with Crippen LogP contribution in [0.3, 0.4) is 0 Å². The Kier molecular flexibility index (Phi) is 4.71. The predicted molar refractivity (Wildman–Crippen MR) is 95.2 cm³/mol. The van der Waals surface area contributed by atoms with Crippen molar-refractivity contribution in [1.29, 1.82) is 0 Å². The van der Waals surface area contributed by atoms with Crippen LogP contribution in [0.1, 0.15) is 11.1 Å². The number of nitro benzene ring substituents is 1. The molecule has 1 fully saturated rings. The zero-order chi connectivity index (χ0) is 18.0. The van der Waals surface area contributed by atoms with E-state index in [2.05, 4.69) is 5.32 Å². The molecule has 0 spiro atoms. The van der Waals surface area contributed by atoms with Crippen LogP contribution < -0.4 is 5.32 Å². The first kappa shape index (κ1) is 17.0. The normalized spacial score (nSPS) is 17.0. The number of carbonyl (C=O) groups is 2. The first-order chi connectivity index (χ1) is 11.9. The van der Waals surface area contributed by atoms with Crippen molar-refractivity contribution < 1.29 is 14.5 Å². The number of aryl methyl sites for hydroxylation is 1. The Morgan fingerprint density at radius 1 is 1.20 bits per heavy atom. The smallest absolute Gasteiger partial charge is 0.291 e. The maximum absolute atomic E-state index is 12.5. The quantitative estimate of drug-likeness (QED) is 0.650. The van der Waals surface area contributed by atoms with Crippen molar-refractivity contribution in [3.63, 3.8) is 0 Å². The fourth-order valence-corrected chi connectivity index (χ4v) is 3.38. The minimum absolute atomic E-state index is 0.0313. The number of hydrogen-bond donors (Lipinski definition) is 1. The van der Waals surface area contributed by atoms with Gasteiger partial charge in [0.15, 0.2) is 5.37 Å². The number of nitro groups is 1. The molecule has 2 aromatic rings. The van der Waals surface area contributed by atoms with Crippen LogP contribution in [0.4, 0.5) is 16.2 Å². The second kappa shape index (κ2) is 6.94. The molecule has 2 aromatic carbocycles. The zero-order valence-corrected chi connectivity index (χ0v) is 14.2. The number of amides is 2. The molecule has 0 bridgehead atoms. The predicted octanol–water partition coefficient (Wildman–Crippen LogP) is 3.54. The summed E-state index contributed by atoms with van der Waals surface area (Å²) >= 11 is 0.928. The second-order valence-corrected chi connectivity index (χ2v) is 6.68. The van der Waals surface area contributed by atoms with Gasteiger partial charge in [-0.3, -0.25) is 24.6 Å². The van der Waals surface area contributed by atoms with E-state index in [0.717, 1.165) is 27.9 Å². The topological polar surface area (TPSA) is 92.6 Å². The van der Waals surface area contributed by atoms with Gasteiger partial charge in [0.05, 0.1) is 11.5 Å². The first-order valence-corrected chi connectivity index (χ1v) is 8.40. The van der Waals surface area contributed by atoms with Crippen LogP contribution in [0, 0.1) is 17.0 Å². The maximum Gasteiger partial charge on any atom is 0.291 e. The minimum Gasteiger partial charge on any atom is -0.365 e. The van der Waals surface area contributed by atoms with E-state index in [9.17, 15) is 19.7 Å². The molecule has 128 valence electrons. The van der Waals surface area contributed by atoms with Gasteiger partial charge in [0.1, 0.15) is 0 Å². The number of benzene rings is 2. The largest absolute Gasteiger partial charge is 0.365 e. The van der Waals surface area contributed by atoms with Crippen LogP contribution in [0.5, 0.6) is 0 Å². The molecule has 25 heavy (non-hydrogen) atoms. The lowest BCUT2D eigenvalue weighted by atomic mass is 10.2. The Labute approximate surface area is 148 Å². The number of nitrogens with zero attached hydrogens (tertiary/aromatic N) is 2. The standard InChI is InChI=1S/C17H15N3O4S/c1-11-3-2-4-13(9-11)18-15-16(21)19(17(22)25-15)10-12-5-7-14(8-6-12)20(23)24/h2-9,15,18H,10H2,1H3/t15-/m1/s1. The van der Waals surface area contributed by atoms with Crippen molar-refractivity contribution in [2.75, 3.05) is 5.32 Å². The van der Waals surface area contributed by atoms with Gasteiger partial charge in [-0.05, 0) is 41.9 Å². The van der Waals surface area contributed by atoms with E-state index in [1.54, 1.807) is 12.1 Å². The molecule has 0 aromatic heterocycles. The van der Waals surface area contributed by atoms with Crippen LogP contribution in [0.15, 0.2) is 48.5 Å². The highest BCUT2D eigenvalue weighted by molar-refractivity contribution is 8.15. The Balaban J connectivity index is 1.69. The summed E-state index contributed by atoms with van der Waals surface area (Å²) in [7, 11) is 0. The molecule has 0 aliphatic carbocycles. The van der Waals surface area contributed by atoms with Crippen LogP contribution >= 0.6 is 11.8 Å². The monoisotopic (exact) mass is 357 g/mol. The molecule has 3 rings (SSSR count). The van der Waals surface area contributed by atoms with E-state index in [-0.39, 0.29) is 23.4 Å². The van der Waals surface area contributed by atoms with Gasteiger partial charge < -0.3 is 5.32 Å². The lowest BCUT2D eigenvalue weighted by Gasteiger charge is -2.15. The molecule has 1 aliphatic heterocycles. The van der Waals surface area contributed by atoms with Crippen molar-refractivity contribution in [3.05, 3.63) is 69.8 Å². The third-order valence-corrected chi connectivity index (χ3v) is 4.71. The van der Waals surface area contributed by atoms with Gasteiger partial charge in [-0.2, -0.15) is 0 Å². The molecular weight excluding hydrogens is 342 g/mol. The molecule has 7 nitrogen and oxygen atoms in total. The van der Waals surface area contributed by atoms with E-state index in [0.29, 0.717) is 5.56 Å². The molecule has 0 saturated carbocycles. The number of carbonyl (C=O) groups excluding carboxylic acids is 2. The van der Waals surface area contributed by atoms with Crippen LogP contribution in [-0.2, 0) is 11.3 Å². The second-order valence-electron chi connectivity index (χ2n) is 5.63. The lowest BCUT2D eigenvalue weighted by Crippen LogP contribution is -2.33. The Morgan fingerprint density at radius 2 is 1.92 bits per heavy atom. The van der Waals surface area contributed by atoms with E-state index < -0.39 is 10.3 Å². The number of anilines is 1. The number of thioether (sulfide) groups is 1. The minimum atomic E-state index is -0.674. The molecule has 1 N–H and O–H groups in total. The van der Waals surface area contributed by atoms with Gasteiger partial charge in [-0.15, -0.1) is 0 Å². The van der Waals surface area contributed by atoms with Gasteiger partial charge in [0.2, 0.25) is 0 Å². The summed E-state index contributed by atoms with van der Waals surface area (Å²) in [6, 6.07) is 13.4. The molecule has 1 atom stereocenters. The number of rotatable bonds is 5. The molecule has 2 amide bonds. The van der Waals surface area contributed by atoms with Crippen molar-refractivity contribution >= 4 is 34.3 Å². The number of nitrogens with one attached hydrogen (secondary N) is 1. The molecule has 1 heterocycles. The average molecular weight is 357 g/mol. The summed E-state index contributed by atoms with van der Waals surface area (Å²) in [6.07, 6.45) is 0. The lowest BCUT2D eigenvalue weighted by molar-refractivity contribution is -0.384. The fourth-order valence-electron chi connectivity index (χ4n) is 2.47. The molecule has 8 heteroatoms. The van der Waals surface area contributed by atoms with E-state index in [4.69, 9.17) is 0 Å².